The summed E-state index contributed by atoms with van der Waals surface area (Å²) in [4.78, 5) is 8.51. The molecule has 0 unspecified atom stereocenters. The molecule has 0 spiro atoms. The number of anilines is 1. The first kappa shape index (κ1) is 14.5. The number of halogens is 1. The quantitative estimate of drug-likeness (QED) is 0.786. The summed E-state index contributed by atoms with van der Waals surface area (Å²) < 4.78 is 5.29. The number of hydrogen-bond acceptors (Lipinski definition) is 5. The van der Waals surface area contributed by atoms with Crippen molar-refractivity contribution in [3.8, 4) is 0 Å². The maximum absolute atomic E-state index is 9.59. The second-order valence-electron chi connectivity index (χ2n) is 4.90. The van der Waals surface area contributed by atoms with Crippen molar-refractivity contribution in [3.63, 3.8) is 0 Å². The third-order valence-corrected chi connectivity index (χ3v) is 3.63. The van der Waals surface area contributed by atoms with Crippen LogP contribution in [0.15, 0.2) is 6.07 Å². The summed E-state index contributed by atoms with van der Waals surface area (Å²) in [6.45, 7) is 2.98. The Labute approximate surface area is 118 Å². The van der Waals surface area contributed by atoms with Crippen molar-refractivity contribution in [1.82, 2.24) is 9.97 Å². The Balaban J connectivity index is 2.12. The summed E-state index contributed by atoms with van der Waals surface area (Å²) in [6.07, 6.45) is 4.15. The highest BCUT2D eigenvalue weighted by molar-refractivity contribution is 6.29. The summed E-state index contributed by atoms with van der Waals surface area (Å²) >= 11 is 5.99. The normalized spacial score (nSPS) is 17.6. The van der Waals surface area contributed by atoms with E-state index in [0.29, 0.717) is 30.0 Å². The van der Waals surface area contributed by atoms with Gasteiger partial charge >= 0.3 is 0 Å². The zero-order valence-corrected chi connectivity index (χ0v) is 11.9. The van der Waals surface area contributed by atoms with Gasteiger partial charge in [0.1, 0.15) is 17.6 Å². The Kier molecular flexibility index (Phi) is 4.96. The number of aliphatic hydroxyl groups is 1. The average Bonchev–Trinajstić information content (AvgIpc) is 2.85. The van der Waals surface area contributed by atoms with Crippen molar-refractivity contribution in [2.75, 3.05) is 18.5 Å². The zero-order chi connectivity index (χ0) is 13.7. The minimum atomic E-state index is -0.263. The molecule has 0 amide bonds. The monoisotopic (exact) mass is 285 g/mol. The third-order valence-electron chi connectivity index (χ3n) is 3.43. The fourth-order valence-corrected chi connectivity index (χ4v) is 2.63. The molecule has 1 fully saturated rings. The van der Waals surface area contributed by atoms with Crippen molar-refractivity contribution in [1.29, 1.82) is 0 Å². The molecule has 6 heteroatoms. The molecule has 1 aromatic heterocycles. The molecule has 19 heavy (non-hydrogen) atoms. The smallest absolute Gasteiger partial charge is 0.158 e. The first-order valence-electron chi connectivity index (χ1n) is 6.68. The molecule has 1 saturated carbocycles. The molecule has 0 radical (unpaired) electrons. The maximum atomic E-state index is 9.59. The van der Waals surface area contributed by atoms with Gasteiger partial charge in [0, 0.05) is 12.7 Å². The number of hydrogen-bond donors (Lipinski definition) is 2. The van der Waals surface area contributed by atoms with Crippen LogP contribution < -0.4 is 5.32 Å². The van der Waals surface area contributed by atoms with Crippen molar-refractivity contribution < 1.29 is 9.84 Å². The van der Waals surface area contributed by atoms with Crippen LogP contribution in [-0.4, -0.2) is 33.8 Å². The minimum Gasteiger partial charge on any atom is -0.394 e. The Morgan fingerprint density at radius 1 is 1.42 bits per heavy atom. The molecule has 5 nitrogen and oxygen atoms in total. The maximum Gasteiger partial charge on any atom is 0.158 e. The Bertz CT molecular complexity index is 422. The van der Waals surface area contributed by atoms with Gasteiger partial charge in [-0.15, -0.1) is 0 Å². The van der Waals surface area contributed by atoms with E-state index in [1.165, 1.54) is 0 Å². The van der Waals surface area contributed by atoms with Crippen molar-refractivity contribution >= 4 is 17.4 Å². The highest BCUT2D eigenvalue weighted by Gasteiger charge is 2.33. The van der Waals surface area contributed by atoms with Crippen LogP contribution in [0.4, 0.5) is 5.82 Å². The van der Waals surface area contributed by atoms with Gasteiger partial charge in [-0.25, -0.2) is 9.97 Å². The van der Waals surface area contributed by atoms with Gasteiger partial charge in [0.2, 0.25) is 0 Å². The topological polar surface area (TPSA) is 67.3 Å². The van der Waals surface area contributed by atoms with E-state index in [9.17, 15) is 5.11 Å². The lowest BCUT2D eigenvalue weighted by Gasteiger charge is -2.28. The van der Waals surface area contributed by atoms with Crippen LogP contribution in [0.3, 0.4) is 0 Å². The molecule has 0 aromatic carbocycles. The van der Waals surface area contributed by atoms with Gasteiger partial charge in [0.25, 0.3) is 0 Å². The van der Waals surface area contributed by atoms with Crippen molar-refractivity contribution in [2.24, 2.45) is 0 Å². The van der Waals surface area contributed by atoms with Crippen molar-refractivity contribution in [2.45, 2.75) is 44.8 Å². The molecule has 0 bridgehead atoms. The number of aliphatic hydroxyl groups excluding tert-OH is 1. The van der Waals surface area contributed by atoms with E-state index in [1.54, 1.807) is 6.07 Å². The van der Waals surface area contributed by atoms with E-state index < -0.39 is 0 Å². The van der Waals surface area contributed by atoms with E-state index in [2.05, 4.69) is 15.3 Å². The van der Waals surface area contributed by atoms with E-state index >= 15 is 0 Å². The van der Waals surface area contributed by atoms with E-state index in [-0.39, 0.29) is 12.1 Å². The fourth-order valence-electron chi connectivity index (χ4n) is 2.43. The highest BCUT2D eigenvalue weighted by Crippen LogP contribution is 2.32. The Hall–Kier alpha value is -0.910. The fraction of sp³-hybridized carbons (Fsp3) is 0.692. The molecule has 1 aliphatic carbocycles. The predicted octanol–water partition coefficient (Wildman–Crippen LogP) is 2.38. The summed E-state index contributed by atoms with van der Waals surface area (Å²) in [5.74, 6) is 1.22. The summed E-state index contributed by atoms with van der Waals surface area (Å²) in [7, 11) is 0. The molecule has 0 saturated heterocycles. The predicted molar refractivity (Wildman–Crippen MR) is 74.3 cm³/mol. The van der Waals surface area contributed by atoms with Gasteiger partial charge in [-0.1, -0.05) is 24.4 Å². The molecular weight excluding hydrogens is 266 g/mol. The number of nitrogens with zero attached hydrogens (tertiary/aromatic N) is 2. The highest BCUT2D eigenvalue weighted by atomic mass is 35.5. The molecular formula is C13H20ClN3O2. The SMILES string of the molecule is CCOCc1nc(Cl)cc(NC2(CO)CCCC2)n1. The molecule has 0 atom stereocenters. The first-order valence-corrected chi connectivity index (χ1v) is 7.05. The van der Waals surface area contributed by atoms with Gasteiger partial charge in [-0.3, -0.25) is 0 Å². The van der Waals surface area contributed by atoms with Crippen LogP contribution in [0.25, 0.3) is 0 Å². The van der Waals surface area contributed by atoms with Gasteiger partial charge in [-0.05, 0) is 19.8 Å². The van der Waals surface area contributed by atoms with Crippen LogP contribution in [0.1, 0.15) is 38.4 Å². The van der Waals surface area contributed by atoms with Crippen LogP contribution in [0.5, 0.6) is 0 Å². The van der Waals surface area contributed by atoms with E-state index in [0.717, 1.165) is 25.7 Å². The number of rotatable bonds is 6. The number of aromatic nitrogens is 2. The lowest BCUT2D eigenvalue weighted by Crippen LogP contribution is -2.39. The third kappa shape index (κ3) is 3.78. The molecule has 106 valence electrons. The molecule has 1 aromatic rings. The van der Waals surface area contributed by atoms with Gasteiger partial charge in [0.15, 0.2) is 5.82 Å². The Morgan fingerprint density at radius 3 is 2.79 bits per heavy atom. The molecule has 0 aliphatic heterocycles. The average molecular weight is 286 g/mol. The zero-order valence-electron chi connectivity index (χ0n) is 11.2. The molecule has 1 heterocycles. The summed E-state index contributed by atoms with van der Waals surface area (Å²) in [6, 6.07) is 1.69. The lowest BCUT2D eigenvalue weighted by molar-refractivity contribution is 0.128. The van der Waals surface area contributed by atoms with Crippen LogP contribution >= 0.6 is 11.6 Å². The first-order chi connectivity index (χ1) is 9.17. The minimum absolute atomic E-state index is 0.107. The second kappa shape index (κ2) is 6.50. The van der Waals surface area contributed by atoms with Crippen molar-refractivity contribution in [3.05, 3.63) is 17.0 Å². The van der Waals surface area contributed by atoms with Gasteiger partial charge in [0.05, 0.1) is 12.1 Å². The lowest BCUT2D eigenvalue weighted by atomic mass is 9.99. The summed E-state index contributed by atoms with van der Waals surface area (Å²) in [5, 5.41) is 13.3. The van der Waals surface area contributed by atoms with Crippen LogP contribution in [-0.2, 0) is 11.3 Å². The summed E-state index contributed by atoms with van der Waals surface area (Å²) in [5.41, 5.74) is -0.263. The number of ether oxygens (including phenoxy) is 1. The van der Waals surface area contributed by atoms with Crippen LogP contribution in [0, 0.1) is 0 Å². The van der Waals surface area contributed by atoms with E-state index in [1.807, 2.05) is 6.92 Å². The standard InChI is InChI=1S/C13H20ClN3O2/c1-2-19-8-12-15-10(14)7-11(16-12)17-13(9-18)5-3-4-6-13/h7,18H,2-6,8-9H2,1H3,(H,15,16,17). The van der Waals surface area contributed by atoms with Gasteiger partial charge in [-0.2, -0.15) is 0 Å². The van der Waals surface area contributed by atoms with Crippen LogP contribution in [0.2, 0.25) is 5.15 Å². The molecule has 2 N–H and O–H groups in total. The van der Waals surface area contributed by atoms with E-state index in [4.69, 9.17) is 16.3 Å². The number of nitrogens with one attached hydrogen (secondary N) is 1. The Morgan fingerprint density at radius 2 is 2.16 bits per heavy atom. The second-order valence-corrected chi connectivity index (χ2v) is 5.29. The van der Waals surface area contributed by atoms with Gasteiger partial charge < -0.3 is 15.2 Å². The molecule has 2 rings (SSSR count). The largest absolute Gasteiger partial charge is 0.394 e. The molecule has 1 aliphatic rings.